The fraction of sp³-hybridized carbons (Fsp3) is 0.647. The van der Waals surface area contributed by atoms with Gasteiger partial charge in [0.05, 0.1) is 13.2 Å². The van der Waals surface area contributed by atoms with Crippen molar-refractivity contribution in [3.63, 3.8) is 0 Å². The van der Waals surface area contributed by atoms with Gasteiger partial charge in [-0.2, -0.15) is 0 Å². The predicted molar refractivity (Wildman–Crippen MR) is 81.3 cm³/mol. The Labute approximate surface area is 121 Å². The molecule has 2 fully saturated rings. The summed E-state index contributed by atoms with van der Waals surface area (Å²) in [6.07, 6.45) is 6.14. The van der Waals surface area contributed by atoms with Crippen molar-refractivity contribution in [2.75, 3.05) is 18.6 Å². The number of rotatable bonds is 3. The zero-order chi connectivity index (χ0) is 14.1. The van der Waals surface area contributed by atoms with Gasteiger partial charge in [0.2, 0.25) is 0 Å². The number of ether oxygens (including phenoxy) is 1. The summed E-state index contributed by atoms with van der Waals surface area (Å²) >= 11 is 0. The van der Waals surface area contributed by atoms with Gasteiger partial charge in [0.15, 0.2) is 0 Å². The molecule has 1 saturated carbocycles. The van der Waals surface area contributed by atoms with E-state index in [0.717, 1.165) is 23.8 Å². The smallest absolute Gasteiger partial charge is 0.126 e. The molecule has 2 aliphatic rings. The van der Waals surface area contributed by atoms with Crippen LogP contribution in [0.2, 0.25) is 0 Å². The lowest BCUT2D eigenvalue weighted by atomic mass is 9.90. The van der Waals surface area contributed by atoms with Crippen LogP contribution in [0.15, 0.2) is 18.2 Å². The van der Waals surface area contributed by atoms with Gasteiger partial charge in [0.25, 0.3) is 0 Å². The lowest BCUT2D eigenvalue weighted by Crippen LogP contribution is -2.43. The van der Waals surface area contributed by atoms with Crippen LogP contribution in [0, 0.1) is 5.92 Å². The molecule has 1 aliphatic heterocycles. The third-order valence-electron chi connectivity index (χ3n) is 4.98. The molecular formula is C17H25NO2. The number of methoxy groups -OCH3 is 1. The van der Waals surface area contributed by atoms with E-state index in [0.29, 0.717) is 6.04 Å². The van der Waals surface area contributed by atoms with Crippen LogP contribution in [0.3, 0.4) is 0 Å². The molecule has 1 aliphatic carbocycles. The fourth-order valence-corrected chi connectivity index (χ4v) is 4.13. The minimum Gasteiger partial charge on any atom is -0.496 e. The Morgan fingerprint density at radius 1 is 1.25 bits per heavy atom. The van der Waals surface area contributed by atoms with Crippen molar-refractivity contribution in [1.82, 2.24) is 0 Å². The van der Waals surface area contributed by atoms with E-state index in [4.69, 9.17) is 4.74 Å². The molecule has 0 spiro atoms. The summed E-state index contributed by atoms with van der Waals surface area (Å²) in [5.41, 5.74) is 2.12. The van der Waals surface area contributed by atoms with E-state index < -0.39 is 6.10 Å². The second-order valence-electron chi connectivity index (χ2n) is 6.16. The highest BCUT2D eigenvalue weighted by molar-refractivity contribution is 5.61. The van der Waals surface area contributed by atoms with Crippen LogP contribution in [-0.4, -0.2) is 24.8 Å². The molecule has 3 atom stereocenters. The molecular weight excluding hydrogens is 250 g/mol. The predicted octanol–water partition coefficient (Wildman–Crippen LogP) is 3.52. The Morgan fingerprint density at radius 3 is 2.80 bits per heavy atom. The zero-order valence-corrected chi connectivity index (χ0v) is 12.5. The average Bonchev–Trinajstić information content (AvgIpc) is 2.94. The molecule has 1 saturated heterocycles. The maximum Gasteiger partial charge on any atom is 0.126 e. The van der Waals surface area contributed by atoms with E-state index in [-0.39, 0.29) is 0 Å². The second-order valence-corrected chi connectivity index (χ2v) is 6.16. The molecule has 3 rings (SSSR count). The number of benzene rings is 1. The first kappa shape index (κ1) is 13.7. The largest absolute Gasteiger partial charge is 0.496 e. The van der Waals surface area contributed by atoms with Gasteiger partial charge in [0, 0.05) is 23.8 Å². The molecule has 3 nitrogen and oxygen atoms in total. The number of nitrogens with zero attached hydrogens (tertiary/aromatic N) is 1. The summed E-state index contributed by atoms with van der Waals surface area (Å²) in [7, 11) is 1.68. The summed E-state index contributed by atoms with van der Waals surface area (Å²) in [5, 5.41) is 10.2. The lowest BCUT2D eigenvalue weighted by molar-refractivity contribution is 0.194. The second kappa shape index (κ2) is 5.65. The molecule has 110 valence electrons. The maximum absolute atomic E-state index is 10.2. The Balaban J connectivity index is 2.00. The monoisotopic (exact) mass is 275 g/mol. The third-order valence-corrected chi connectivity index (χ3v) is 4.98. The molecule has 0 aromatic heterocycles. The van der Waals surface area contributed by atoms with E-state index in [9.17, 15) is 5.11 Å². The van der Waals surface area contributed by atoms with Crippen LogP contribution in [0.1, 0.15) is 50.7 Å². The SMILES string of the molecule is COc1cccc(N2CCCC3CCCC32)c1[C@H](C)O. The number of anilines is 1. The third kappa shape index (κ3) is 2.28. The summed E-state index contributed by atoms with van der Waals surface area (Å²) in [4.78, 5) is 2.53. The van der Waals surface area contributed by atoms with Crippen LogP contribution < -0.4 is 9.64 Å². The molecule has 0 bridgehead atoms. The van der Waals surface area contributed by atoms with Crippen LogP contribution in [0.4, 0.5) is 5.69 Å². The van der Waals surface area contributed by atoms with E-state index in [1.165, 1.54) is 37.8 Å². The Morgan fingerprint density at radius 2 is 2.05 bits per heavy atom. The van der Waals surface area contributed by atoms with Crippen molar-refractivity contribution in [3.8, 4) is 5.75 Å². The van der Waals surface area contributed by atoms with Crippen molar-refractivity contribution in [3.05, 3.63) is 23.8 Å². The number of hydrogen-bond acceptors (Lipinski definition) is 3. The molecule has 3 heteroatoms. The number of aliphatic hydroxyl groups is 1. The van der Waals surface area contributed by atoms with Gasteiger partial charge in [0.1, 0.15) is 5.75 Å². The van der Waals surface area contributed by atoms with Gasteiger partial charge in [-0.15, -0.1) is 0 Å². The summed E-state index contributed by atoms with van der Waals surface area (Å²) in [5.74, 6) is 1.65. The van der Waals surface area contributed by atoms with E-state index in [1.807, 2.05) is 19.1 Å². The molecule has 1 aromatic carbocycles. The van der Waals surface area contributed by atoms with E-state index in [2.05, 4.69) is 11.0 Å². The topological polar surface area (TPSA) is 32.7 Å². The first-order valence-corrected chi connectivity index (χ1v) is 7.84. The first-order chi connectivity index (χ1) is 9.72. The molecule has 1 N–H and O–H groups in total. The zero-order valence-electron chi connectivity index (χ0n) is 12.5. The van der Waals surface area contributed by atoms with E-state index >= 15 is 0 Å². The van der Waals surface area contributed by atoms with Crippen LogP contribution >= 0.6 is 0 Å². The van der Waals surface area contributed by atoms with Crippen molar-refractivity contribution < 1.29 is 9.84 Å². The lowest BCUT2D eigenvalue weighted by Gasteiger charge is -2.41. The first-order valence-electron chi connectivity index (χ1n) is 7.84. The minimum absolute atomic E-state index is 0.497. The summed E-state index contributed by atoms with van der Waals surface area (Å²) in [6.45, 7) is 2.94. The van der Waals surface area contributed by atoms with E-state index in [1.54, 1.807) is 7.11 Å². The van der Waals surface area contributed by atoms with Crippen molar-refractivity contribution >= 4 is 5.69 Å². The Hall–Kier alpha value is -1.22. The minimum atomic E-state index is -0.497. The normalized spacial score (nSPS) is 27.2. The number of aliphatic hydroxyl groups excluding tert-OH is 1. The van der Waals surface area contributed by atoms with Crippen molar-refractivity contribution in [2.45, 2.75) is 51.2 Å². The highest BCUT2D eigenvalue weighted by Gasteiger charge is 2.36. The molecule has 1 heterocycles. The van der Waals surface area contributed by atoms with Crippen LogP contribution in [0.25, 0.3) is 0 Å². The fourth-order valence-electron chi connectivity index (χ4n) is 4.13. The highest BCUT2D eigenvalue weighted by atomic mass is 16.5. The highest BCUT2D eigenvalue weighted by Crippen LogP contribution is 2.43. The van der Waals surface area contributed by atoms with Crippen molar-refractivity contribution in [1.29, 1.82) is 0 Å². The quantitative estimate of drug-likeness (QED) is 0.916. The number of piperidine rings is 1. The standard InChI is InChI=1S/C17H25NO2/c1-12(19)17-15(9-4-10-16(17)20-2)18-11-5-7-13-6-3-8-14(13)18/h4,9-10,12-14,19H,3,5-8,11H2,1-2H3/t12-,13?,14?/m0/s1. The average molecular weight is 275 g/mol. The number of fused-ring (bicyclic) bond motifs is 1. The summed E-state index contributed by atoms with van der Waals surface area (Å²) in [6, 6.07) is 6.79. The number of hydrogen-bond donors (Lipinski definition) is 1. The maximum atomic E-state index is 10.2. The van der Waals surface area contributed by atoms with Gasteiger partial charge < -0.3 is 14.7 Å². The van der Waals surface area contributed by atoms with Gasteiger partial charge in [-0.3, -0.25) is 0 Å². The Kier molecular flexibility index (Phi) is 3.88. The van der Waals surface area contributed by atoms with Crippen LogP contribution in [0.5, 0.6) is 5.75 Å². The van der Waals surface area contributed by atoms with Crippen LogP contribution in [-0.2, 0) is 0 Å². The van der Waals surface area contributed by atoms with Gasteiger partial charge in [-0.25, -0.2) is 0 Å². The van der Waals surface area contributed by atoms with Gasteiger partial charge in [-0.1, -0.05) is 12.5 Å². The molecule has 20 heavy (non-hydrogen) atoms. The molecule has 0 amide bonds. The molecule has 2 unspecified atom stereocenters. The molecule has 1 aromatic rings. The van der Waals surface area contributed by atoms with Crippen molar-refractivity contribution in [2.24, 2.45) is 5.92 Å². The summed E-state index contributed by atoms with van der Waals surface area (Å²) < 4.78 is 5.46. The van der Waals surface area contributed by atoms with Gasteiger partial charge in [-0.05, 0) is 50.7 Å². The Bertz CT molecular complexity index is 472. The van der Waals surface area contributed by atoms with Gasteiger partial charge >= 0.3 is 0 Å². The molecule has 0 radical (unpaired) electrons.